The Labute approximate surface area is 245 Å². The SMILES string of the molecule is CO[C@@]1(C)C(n2ccc3c(N)ncnc32)O[C@H](COCc2ccc(Cl)cc2Cl)[C@H]1OCc1ccc(Cl)cc1Cl. The minimum Gasteiger partial charge on any atom is -0.383 e. The van der Waals surface area contributed by atoms with Crippen molar-refractivity contribution in [2.75, 3.05) is 19.5 Å². The molecule has 2 aromatic heterocycles. The van der Waals surface area contributed by atoms with E-state index in [1.54, 1.807) is 31.4 Å². The molecule has 8 nitrogen and oxygen atoms in total. The number of benzene rings is 2. The molecule has 1 fully saturated rings. The Balaban J connectivity index is 1.43. The molecule has 0 amide bonds. The first-order chi connectivity index (χ1) is 18.7. The van der Waals surface area contributed by atoms with Crippen LogP contribution in [0.5, 0.6) is 0 Å². The molecule has 39 heavy (non-hydrogen) atoms. The lowest BCUT2D eigenvalue weighted by molar-refractivity contribution is -0.135. The Morgan fingerprint density at radius 2 is 1.64 bits per heavy atom. The highest BCUT2D eigenvalue weighted by atomic mass is 35.5. The molecule has 12 heteroatoms. The van der Waals surface area contributed by atoms with Crippen LogP contribution in [0, 0.1) is 0 Å². The quantitative estimate of drug-likeness (QED) is 0.224. The smallest absolute Gasteiger partial charge is 0.167 e. The van der Waals surface area contributed by atoms with E-state index in [-0.39, 0.29) is 19.8 Å². The maximum absolute atomic E-state index is 6.58. The number of aromatic nitrogens is 3. The van der Waals surface area contributed by atoms with Gasteiger partial charge in [0.25, 0.3) is 0 Å². The second-order valence-corrected chi connectivity index (χ2v) is 11.0. The average molecular weight is 612 g/mol. The van der Waals surface area contributed by atoms with Gasteiger partial charge in [-0.3, -0.25) is 0 Å². The van der Waals surface area contributed by atoms with Crippen LogP contribution >= 0.6 is 46.4 Å². The number of rotatable bonds is 9. The number of nitrogens with two attached hydrogens (primary N) is 1. The summed E-state index contributed by atoms with van der Waals surface area (Å²) in [6.45, 7) is 2.59. The lowest BCUT2D eigenvalue weighted by Gasteiger charge is -2.34. The zero-order chi connectivity index (χ0) is 27.7. The molecule has 4 aromatic rings. The third-order valence-corrected chi connectivity index (χ3v) is 8.09. The van der Waals surface area contributed by atoms with E-state index in [2.05, 4.69) is 9.97 Å². The van der Waals surface area contributed by atoms with Gasteiger partial charge in [-0.15, -0.1) is 0 Å². The van der Waals surface area contributed by atoms with E-state index < -0.39 is 24.0 Å². The van der Waals surface area contributed by atoms with E-state index >= 15 is 0 Å². The van der Waals surface area contributed by atoms with E-state index in [9.17, 15) is 0 Å². The molecule has 0 radical (unpaired) electrons. The standard InChI is InChI=1S/C27H26Cl4N4O4/c1-27(36-2)23(38-12-16-4-6-18(29)10-21(16)31)22(13-37-11-15-3-5-17(28)9-20(15)30)39-26(27)35-8-7-19-24(32)33-14-34-25(19)35/h3-10,14,22-23,26H,11-13H2,1-2H3,(H2,32,33,34)/t22-,23-,26?,27-/m1/s1. The van der Waals surface area contributed by atoms with E-state index in [4.69, 9.17) is 71.1 Å². The van der Waals surface area contributed by atoms with Crippen molar-refractivity contribution in [3.05, 3.63) is 86.2 Å². The summed E-state index contributed by atoms with van der Waals surface area (Å²) in [6, 6.07) is 12.4. The van der Waals surface area contributed by atoms with Crippen LogP contribution in [0.2, 0.25) is 20.1 Å². The number of nitrogens with zero attached hydrogens (tertiary/aromatic N) is 3. The maximum Gasteiger partial charge on any atom is 0.167 e. The first-order valence-electron chi connectivity index (χ1n) is 12.1. The second-order valence-electron chi connectivity index (χ2n) is 9.35. The fourth-order valence-electron chi connectivity index (χ4n) is 4.76. The molecule has 3 heterocycles. The average Bonchev–Trinajstić information content (AvgIpc) is 3.45. The van der Waals surface area contributed by atoms with Gasteiger partial charge < -0.3 is 29.2 Å². The minimum absolute atomic E-state index is 0.198. The van der Waals surface area contributed by atoms with Gasteiger partial charge in [-0.2, -0.15) is 0 Å². The molecule has 0 saturated carbocycles. The minimum atomic E-state index is -0.948. The van der Waals surface area contributed by atoms with Gasteiger partial charge in [0.1, 0.15) is 35.6 Å². The summed E-state index contributed by atoms with van der Waals surface area (Å²) < 4.78 is 27.1. The Kier molecular flexibility index (Phi) is 8.56. The molecule has 1 unspecified atom stereocenters. The number of hydrogen-bond acceptors (Lipinski definition) is 7. The fourth-order valence-corrected chi connectivity index (χ4v) is 5.69. The number of halogens is 4. The van der Waals surface area contributed by atoms with Crippen molar-refractivity contribution in [1.29, 1.82) is 0 Å². The van der Waals surface area contributed by atoms with Crippen LogP contribution < -0.4 is 5.73 Å². The van der Waals surface area contributed by atoms with Crippen molar-refractivity contribution in [1.82, 2.24) is 14.5 Å². The third-order valence-electron chi connectivity index (χ3n) is 6.92. The summed E-state index contributed by atoms with van der Waals surface area (Å²) in [5, 5.41) is 2.84. The van der Waals surface area contributed by atoms with E-state index in [1.807, 2.05) is 35.9 Å². The summed E-state index contributed by atoms with van der Waals surface area (Å²) in [5.41, 5.74) is 7.33. The monoisotopic (exact) mass is 610 g/mol. The van der Waals surface area contributed by atoms with Crippen LogP contribution in [0.1, 0.15) is 24.3 Å². The summed E-state index contributed by atoms with van der Waals surface area (Å²) in [4.78, 5) is 8.53. The molecule has 0 spiro atoms. The van der Waals surface area contributed by atoms with Gasteiger partial charge in [-0.1, -0.05) is 58.5 Å². The zero-order valence-corrected chi connectivity index (χ0v) is 24.1. The lowest BCUT2D eigenvalue weighted by Crippen LogP contribution is -2.47. The number of hydrogen-bond donors (Lipinski definition) is 1. The van der Waals surface area contributed by atoms with Crippen molar-refractivity contribution in [2.45, 2.75) is 44.2 Å². The van der Waals surface area contributed by atoms with Crippen molar-refractivity contribution in [3.63, 3.8) is 0 Å². The molecular formula is C27H26Cl4N4O4. The van der Waals surface area contributed by atoms with E-state index in [0.717, 1.165) is 11.1 Å². The fraction of sp³-hybridized carbons (Fsp3) is 0.333. The van der Waals surface area contributed by atoms with Crippen LogP contribution in [0.3, 0.4) is 0 Å². The molecular weight excluding hydrogens is 586 g/mol. The molecule has 0 aliphatic carbocycles. The first-order valence-corrected chi connectivity index (χ1v) is 13.6. The van der Waals surface area contributed by atoms with Gasteiger partial charge in [0, 0.05) is 33.4 Å². The number of ether oxygens (including phenoxy) is 4. The number of methoxy groups -OCH3 is 1. The molecule has 2 aromatic carbocycles. The molecule has 206 valence electrons. The van der Waals surface area contributed by atoms with Crippen molar-refractivity contribution >= 4 is 63.3 Å². The van der Waals surface area contributed by atoms with E-state index in [0.29, 0.717) is 36.9 Å². The van der Waals surface area contributed by atoms with Gasteiger partial charge in [0.05, 0.1) is 25.2 Å². The largest absolute Gasteiger partial charge is 0.383 e. The summed E-state index contributed by atoms with van der Waals surface area (Å²) in [7, 11) is 1.62. The van der Waals surface area contributed by atoms with Crippen LogP contribution in [0.4, 0.5) is 5.82 Å². The highest BCUT2D eigenvalue weighted by Gasteiger charge is 2.56. The Bertz CT molecular complexity index is 1490. The second kappa shape index (κ2) is 11.8. The normalized spacial score (nSPS) is 23.1. The zero-order valence-electron chi connectivity index (χ0n) is 21.1. The molecule has 2 N–H and O–H groups in total. The Morgan fingerprint density at radius 3 is 2.28 bits per heavy atom. The summed E-state index contributed by atoms with van der Waals surface area (Å²) in [5.74, 6) is 0.376. The Hall–Kier alpha value is -2.14. The topological polar surface area (TPSA) is 93.7 Å². The third kappa shape index (κ3) is 5.71. The summed E-state index contributed by atoms with van der Waals surface area (Å²) in [6.07, 6.45) is 1.57. The molecule has 1 saturated heterocycles. The maximum atomic E-state index is 6.58. The predicted octanol–water partition coefficient (Wildman–Crippen LogP) is 6.73. The molecule has 5 rings (SSSR count). The molecule has 4 atom stereocenters. The van der Waals surface area contributed by atoms with Crippen LogP contribution in [-0.4, -0.2) is 46.1 Å². The molecule has 1 aliphatic heterocycles. The van der Waals surface area contributed by atoms with Crippen LogP contribution in [-0.2, 0) is 32.2 Å². The van der Waals surface area contributed by atoms with E-state index in [1.165, 1.54) is 6.33 Å². The lowest BCUT2D eigenvalue weighted by atomic mass is 9.95. The molecule has 1 aliphatic rings. The van der Waals surface area contributed by atoms with Gasteiger partial charge in [0.2, 0.25) is 0 Å². The molecule has 0 bridgehead atoms. The van der Waals surface area contributed by atoms with Crippen molar-refractivity contribution in [2.24, 2.45) is 0 Å². The van der Waals surface area contributed by atoms with Crippen LogP contribution in [0.25, 0.3) is 11.0 Å². The van der Waals surface area contributed by atoms with Gasteiger partial charge in [-0.05, 0) is 48.4 Å². The Morgan fingerprint density at radius 1 is 0.974 bits per heavy atom. The predicted molar refractivity (Wildman–Crippen MR) is 152 cm³/mol. The van der Waals surface area contributed by atoms with Crippen LogP contribution in [0.15, 0.2) is 55.0 Å². The van der Waals surface area contributed by atoms with Gasteiger partial charge in [0.15, 0.2) is 6.23 Å². The highest BCUT2D eigenvalue weighted by Crippen LogP contribution is 2.44. The number of anilines is 1. The highest BCUT2D eigenvalue weighted by molar-refractivity contribution is 6.35. The summed E-state index contributed by atoms with van der Waals surface area (Å²) >= 11 is 24.9. The van der Waals surface area contributed by atoms with Crippen molar-refractivity contribution < 1.29 is 18.9 Å². The number of nitrogen functional groups attached to an aromatic ring is 1. The number of fused-ring (bicyclic) bond motifs is 1. The van der Waals surface area contributed by atoms with Gasteiger partial charge >= 0.3 is 0 Å². The first kappa shape index (κ1) is 28.4. The van der Waals surface area contributed by atoms with Crippen molar-refractivity contribution in [3.8, 4) is 0 Å². The van der Waals surface area contributed by atoms with Gasteiger partial charge in [-0.25, -0.2) is 9.97 Å².